The first kappa shape index (κ1) is 16.7. The molecular formula is C14H22ClN3O2. The molecule has 0 spiro atoms. The molecule has 0 radical (unpaired) electrons. The quantitative estimate of drug-likeness (QED) is 0.775. The number of nitrogens with one attached hydrogen (secondary N) is 2. The number of rotatable bonds is 8. The number of pyridine rings is 1. The number of halogens is 1. The number of hydrogen-bond acceptors (Lipinski definition) is 4. The van der Waals surface area contributed by atoms with Crippen LogP contribution < -0.4 is 10.6 Å². The molecule has 0 aliphatic heterocycles. The summed E-state index contributed by atoms with van der Waals surface area (Å²) in [5, 5.41) is 6.35. The lowest BCUT2D eigenvalue weighted by Gasteiger charge is -2.16. The van der Waals surface area contributed by atoms with Crippen LogP contribution in [-0.4, -0.2) is 37.2 Å². The Bertz CT molecular complexity index is 440. The summed E-state index contributed by atoms with van der Waals surface area (Å²) in [5.74, 6) is 0.375. The molecule has 1 unspecified atom stereocenters. The molecule has 0 aliphatic rings. The largest absolute Gasteiger partial charge is 0.383 e. The average molecular weight is 300 g/mol. The number of nitrogens with zero attached hydrogens (tertiary/aromatic N) is 1. The topological polar surface area (TPSA) is 63.2 Å². The first-order chi connectivity index (χ1) is 9.62. The van der Waals surface area contributed by atoms with Gasteiger partial charge in [0.15, 0.2) is 0 Å². The van der Waals surface area contributed by atoms with Gasteiger partial charge in [0.05, 0.1) is 17.7 Å². The van der Waals surface area contributed by atoms with E-state index in [2.05, 4.69) is 22.5 Å². The predicted molar refractivity (Wildman–Crippen MR) is 81.4 cm³/mol. The van der Waals surface area contributed by atoms with Gasteiger partial charge in [-0.05, 0) is 25.0 Å². The molecule has 0 aliphatic carbocycles. The van der Waals surface area contributed by atoms with Crippen molar-refractivity contribution in [2.45, 2.75) is 32.7 Å². The van der Waals surface area contributed by atoms with Crippen LogP contribution in [0.5, 0.6) is 0 Å². The molecule has 1 amide bonds. The molecule has 20 heavy (non-hydrogen) atoms. The normalized spacial score (nSPS) is 12.0. The summed E-state index contributed by atoms with van der Waals surface area (Å²) in [6.45, 7) is 5.32. The smallest absolute Gasteiger partial charge is 0.271 e. The highest BCUT2D eigenvalue weighted by Crippen LogP contribution is 2.17. The van der Waals surface area contributed by atoms with Crippen molar-refractivity contribution in [3.8, 4) is 0 Å². The van der Waals surface area contributed by atoms with Crippen LogP contribution >= 0.6 is 11.6 Å². The standard InChI is InChI=1S/C14H22ClN3O2/c1-4-8-16-12-7-6-11(15)13(18-12)14(19)17-10(5-2)9-20-3/h6-7,10H,4-5,8-9H2,1-3H3,(H,16,18)(H,17,19). The molecule has 0 saturated carbocycles. The molecule has 2 N–H and O–H groups in total. The van der Waals surface area contributed by atoms with Crippen molar-refractivity contribution < 1.29 is 9.53 Å². The molecule has 0 bridgehead atoms. The van der Waals surface area contributed by atoms with E-state index in [1.54, 1.807) is 19.2 Å². The van der Waals surface area contributed by atoms with Gasteiger partial charge in [-0.25, -0.2) is 4.98 Å². The summed E-state index contributed by atoms with van der Waals surface area (Å²) in [4.78, 5) is 16.5. The van der Waals surface area contributed by atoms with Crippen LogP contribution in [0.4, 0.5) is 5.82 Å². The maximum Gasteiger partial charge on any atom is 0.271 e. The van der Waals surface area contributed by atoms with E-state index in [0.717, 1.165) is 19.4 Å². The van der Waals surface area contributed by atoms with E-state index >= 15 is 0 Å². The van der Waals surface area contributed by atoms with Crippen molar-refractivity contribution >= 4 is 23.3 Å². The van der Waals surface area contributed by atoms with Gasteiger partial charge in [0.25, 0.3) is 5.91 Å². The van der Waals surface area contributed by atoms with Crippen molar-refractivity contribution in [1.82, 2.24) is 10.3 Å². The highest BCUT2D eigenvalue weighted by molar-refractivity contribution is 6.33. The zero-order chi connectivity index (χ0) is 15.0. The molecule has 1 aromatic rings. The van der Waals surface area contributed by atoms with Gasteiger partial charge in [-0.1, -0.05) is 25.4 Å². The third-order valence-electron chi connectivity index (χ3n) is 2.81. The SMILES string of the molecule is CCCNc1ccc(Cl)c(C(=O)NC(CC)COC)n1. The minimum Gasteiger partial charge on any atom is -0.383 e. The van der Waals surface area contributed by atoms with Crippen molar-refractivity contribution in [1.29, 1.82) is 0 Å². The minimum absolute atomic E-state index is 0.0439. The van der Waals surface area contributed by atoms with Crippen LogP contribution in [0.25, 0.3) is 0 Å². The number of hydrogen-bond donors (Lipinski definition) is 2. The lowest BCUT2D eigenvalue weighted by molar-refractivity contribution is 0.0890. The second-order valence-corrected chi connectivity index (χ2v) is 4.89. The Morgan fingerprint density at radius 1 is 1.45 bits per heavy atom. The Labute approximate surface area is 125 Å². The summed E-state index contributed by atoms with van der Waals surface area (Å²) in [7, 11) is 1.61. The number of amides is 1. The number of methoxy groups -OCH3 is 1. The second-order valence-electron chi connectivity index (χ2n) is 4.49. The monoisotopic (exact) mass is 299 g/mol. The van der Waals surface area contributed by atoms with Gasteiger partial charge in [-0.2, -0.15) is 0 Å². The molecule has 112 valence electrons. The maximum atomic E-state index is 12.2. The molecule has 1 atom stereocenters. The number of carbonyl (C=O) groups is 1. The van der Waals surface area contributed by atoms with Crippen molar-refractivity contribution in [2.75, 3.05) is 25.6 Å². The van der Waals surface area contributed by atoms with Gasteiger partial charge >= 0.3 is 0 Å². The van der Waals surface area contributed by atoms with Crippen LogP contribution in [0.1, 0.15) is 37.2 Å². The van der Waals surface area contributed by atoms with Gasteiger partial charge in [0.1, 0.15) is 11.5 Å². The fraction of sp³-hybridized carbons (Fsp3) is 0.571. The van der Waals surface area contributed by atoms with Crippen LogP contribution in [0, 0.1) is 0 Å². The minimum atomic E-state index is -0.279. The Hall–Kier alpha value is -1.33. The fourth-order valence-corrected chi connectivity index (χ4v) is 1.86. The average Bonchev–Trinajstić information content (AvgIpc) is 2.45. The molecule has 0 saturated heterocycles. The van der Waals surface area contributed by atoms with E-state index in [9.17, 15) is 4.79 Å². The molecule has 0 fully saturated rings. The van der Waals surface area contributed by atoms with E-state index < -0.39 is 0 Å². The zero-order valence-electron chi connectivity index (χ0n) is 12.2. The lowest BCUT2D eigenvalue weighted by Crippen LogP contribution is -2.38. The van der Waals surface area contributed by atoms with E-state index in [-0.39, 0.29) is 17.6 Å². The van der Waals surface area contributed by atoms with Crippen LogP contribution in [-0.2, 0) is 4.74 Å². The highest BCUT2D eigenvalue weighted by Gasteiger charge is 2.16. The summed E-state index contributed by atoms with van der Waals surface area (Å²) in [6.07, 6.45) is 1.77. The predicted octanol–water partition coefficient (Wildman–Crippen LogP) is 2.71. The van der Waals surface area contributed by atoms with E-state index in [0.29, 0.717) is 17.4 Å². The van der Waals surface area contributed by atoms with Crippen molar-refractivity contribution in [3.05, 3.63) is 22.8 Å². The maximum absolute atomic E-state index is 12.2. The molecular weight excluding hydrogens is 278 g/mol. The van der Waals surface area contributed by atoms with Crippen LogP contribution in [0.2, 0.25) is 5.02 Å². The van der Waals surface area contributed by atoms with Gasteiger partial charge in [-0.3, -0.25) is 4.79 Å². The Balaban J connectivity index is 2.80. The van der Waals surface area contributed by atoms with E-state index in [1.807, 2.05) is 6.92 Å². The number of ether oxygens (including phenoxy) is 1. The van der Waals surface area contributed by atoms with E-state index in [1.165, 1.54) is 0 Å². The number of aromatic nitrogens is 1. The van der Waals surface area contributed by atoms with Crippen LogP contribution in [0.3, 0.4) is 0 Å². The summed E-state index contributed by atoms with van der Waals surface area (Å²) < 4.78 is 5.06. The first-order valence-corrected chi connectivity index (χ1v) is 7.20. The van der Waals surface area contributed by atoms with Gasteiger partial charge in [0, 0.05) is 13.7 Å². The zero-order valence-corrected chi connectivity index (χ0v) is 13.0. The van der Waals surface area contributed by atoms with Crippen molar-refractivity contribution in [2.24, 2.45) is 0 Å². The molecule has 1 heterocycles. The Morgan fingerprint density at radius 2 is 2.20 bits per heavy atom. The lowest BCUT2D eigenvalue weighted by atomic mass is 10.2. The summed E-state index contributed by atoms with van der Waals surface area (Å²) in [6, 6.07) is 3.40. The fourth-order valence-electron chi connectivity index (χ4n) is 1.67. The molecule has 1 aromatic heterocycles. The van der Waals surface area contributed by atoms with Crippen molar-refractivity contribution in [3.63, 3.8) is 0 Å². The second kappa shape index (κ2) is 8.76. The number of carbonyl (C=O) groups excluding carboxylic acids is 1. The summed E-state index contributed by atoms with van der Waals surface area (Å²) >= 11 is 6.05. The molecule has 0 aromatic carbocycles. The molecule has 1 rings (SSSR count). The van der Waals surface area contributed by atoms with Gasteiger partial charge in [-0.15, -0.1) is 0 Å². The molecule has 5 nitrogen and oxygen atoms in total. The van der Waals surface area contributed by atoms with Crippen LogP contribution in [0.15, 0.2) is 12.1 Å². The Morgan fingerprint density at radius 3 is 2.80 bits per heavy atom. The molecule has 6 heteroatoms. The first-order valence-electron chi connectivity index (χ1n) is 6.82. The van der Waals surface area contributed by atoms with Gasteiger partial charge in [0.2, 0.25) is 0 Å². The van der Waals surface area contributed by atoms with E-state index in [4.69, 9.17) is 16.3 Å². The number of anilines is 1. The highest BCUT2D eigenvalue weighted by atomic mass is 35.5. The Kier molecular flexibility index (Phi) is 7.33. The third kappa shape index (κ3) is 4.98. The van der Waals surface area contributed by atoms with Gasteiger partial charge < -0.3 is 15.4 Å². The third-order valence-corrected chi connectivity index (χ3v) is 3.12. The summed E-state index contributed by atoms with van der Waals surface area (Å²) in [5.41, 5.74) is 0.238.